The minimum atomic E-state index is -0.418. The van der Waals surface area contributed by atoms with E-state index < -0.39 is 6.04 Å². The van der Waals surface area contributed by atoms with Gasteiger partial charge in [-0.3, -0.25) is 4.79 Å². The van der Waals surface area contributed by atoms with E-state index in [0.29, 0.717) is 0 Å². The van der Waals surface area contributed by atoms with Gasteiger partial charge in [0.1, 0.15) is 0 Å². The van der Waals surface area contributed by atoms with Crippen LogP contribution in [-0.4, -0.2) is 11.9 Å². The van der Waals surface area contributed by atoms with Crippen molar-refractivity contribution in [3.8, 4) is 0 Å². The van der Waals surface area contributed by atoms with Gasteiger partial charge < -0.3 is 11.1 Å². The van der Waals surface area contributed by atoms with Crippen LogP contribution >= 0.6 is 0 Å². The molecule has 0 aliphatic carbocycles. The zero-order chi connectivity index (χ0) is 14.5. The third-order valence-electron chi connectivity index (χ3n) is 3.22. The minimum absolute atomic E-state index is 0.0240. The Morgan fingerprint density at radius 2 is 1.84 bits per heavy atom. The van der Waals surface area contributed by atoms with Crippen molar-refractivity contribution in [3.63, 3.8) is 0 Å². The lowest BCUT2D eigenvalue weighted by Crippen LogP contribution is -2.45. The summed E-state index contributed by atoms with van der Waals surface area (Å²) in [7, 11) is 0. The third-order valence-corrected chi connectivity index (χ3v) is 3.22. The van der Waals surface area contributed by atoms with Crippen molar-refractivity contribution in [1.29, 1.82) is 0 Å². The standard InChI is InChI=1S/C16H26N2O/c1-5-9-13(17)15(19)18-14(16(2,3)4)12-10-7-6-8-11-12/h6-8,10-11,13-14H,5,9,17H2,1-4H3,(H,18,19). The number of nitrogens with two attached hydrogens (primary N) is 1. The highest BCUT2D eigenvalue weighted by molar-refractivity contribution is 5.81. The number of nitrogens with one attached hydrogen (secondary N) is 1. The first-order chi connectivity index (χ1) is 8.86. The average molecular weight is 262 g/mol. The molecule has 3 N–H and O–H groups in total. The number of hydrogen-bond acceptors (Lipinski definition) is 2. The van der Waals surface area contributed by atoms with Crippen molar-refractivity contribution in [2.75, 3.05) is 0 Å². The molecule has 0 aliphatic rings. The molecule has 2 unspecified atom stereocenters. The van der Waals surface area contributed by atoms with E-state index in [2.05, 4.69) is 26.1 Å². The van der Waals surface area contributed by atoms with Crippen molar-refractivity contribution in [1.82, 2.24) is 5.32 Å². The Bertz CT molecular complexity index is 395. The summed E-state index contributed by atoms with van der Waals surface area (Å²) >= 11 is 0. The van der Waals surface area contributed by atoms with Crippen LogP contribution in [0.15, 0.2) is 30.3 Å². The van der Waals surface area contributed by atoms with Crippen LogP contribution in [0.4, 0.5) is 0 Å². The fourth-order valence-electron chi connectivity index (χ4n) is 2.14. The Balaban J connectivity index is 2.86. The molecule has 0 bridgehead atoms. The molecule has 106 valence electrons. The minimum Gasteiger partial charge on any atom is -0.347 e. The second kappa shape index (κ2) is 6.71. The zero-order valence-electron chi connectivity index (χ0n) is 12.4. The van der Waals surface area contributed by atoms with E-state index in [0.717, 1.165) is 18.4 Å². The molecule has 19 heavy (non-hydrogen) atoms. The van der Waals surface area contributed by atoms with Crippen LogP contribution in [-0.2, 0) is 4.79 Å². The zero-order valence-corrected chi connectivity index (χ0v) is 12.4. The molecular formula is C16H26N2O. The molecule has 0 aromatic heterocycles. The molecule has 1 rings (SSSR count). The molecule has 0 heterocycles. The summed E-state index contributed by atoms with van der Waals surface area (Å²) in [4.78, 5) is 12.1. The van der Waals surface area contributed by atoms with Gasteiger partial charge in [-0.2, -0.15) is 0 Å². The first kappa shape index (κ1) is 15.7. The van der Waals surface area contributed by atoms with Gasteiger partial charge in [0.05, 0.1) is 12.1 Å². The van der Waals surface area contributed by atoms with E-state index in [1.165, 1.54) is 0 Å². The number of benzene rings is 1. The van der Waals surface area contributed by atoms with Crippen molar-refractivity contribution in [3.05, 3.63) is 35.9 Å². The summed E-state index contributed by atoms with van der Waals surface area (Å²) in [6.45, 7) is 8.40. The van der Waals surface area contributed by atoms with E-state index in [-0.39, 0.29) is 17.4 Å². The third kappa shape index (κ3) is 4.67. The molecule has 0 saturated carbocycles. The first-order valence-electron chi connectivity index (χ1n) is 6.97. The number of hydrogen-bond donors (Lipinski definition) is 2. The number of amides is 1. The summed E-state index contributed by atoms with van der Waals surface area (Å²) in [5.74, 6) is -0.0642. The van der Waals surface area contributed by atoms with Gasteiger partial charge in [0.25, 0.3) is 0 Å². The van der Waals surface area contributed by atoms with Crippen molar-refractivity contribution in [2.45, 2.75) is 52.6 Å². The molecule has 1 amide bonds. The van der Waals surface area contributed by atoms with Crippen LogP contribution in [0.2, 0.25) is 0 Å². The number of carbonyl (C=O) groups excluding carboxylic acids is 1. The second-order valence-electron chi connectivity index (χ2n) is 6.11. The summed E-state index contributed by atoms with van der Waals surface area (Å²) in [6, 6.07) is 9.61. The van der Waals surface area contributed by atoms with Gasteiger partial charge in [-0.1, -0.05) is 64.4 Å². The van der Waals surface area contributed by atoms with Gasteiger partial charge in [-0.15, -0.1) is 0 Å². The van der Waals surface area contributed by atoms with Crippen LogP contribution in [0.5, 0.6) is 0 Å². The van der Waals surface area contributed by atoms with Gasteiger partial charge in [-0.05, 0) is 17.4 Å². The fraction of sp³-hybridized carbons (Fsp3) is 0.562. The maximum atomic E-state index is 12.1. The summed E-state index contributed by atoms with van der Waals surface area (Å²) < 4.78 is 0. The maximum Gasteiger partial charge on any atom is 0.237 e. The Morgan fingerprint density at radius 1 is 1.26 bits per heavy atom. The van der Waals surface area contributed by atoms with E-state index in [1.54, 1.807) is 0 Å². The highest BCUT2D eigenvalue weighted by Crippen LogP contribution is 2.32. The fourth-order valence-corrected chi connectivity index (χ4v) is 2.14. The van der Waals surface area contributed by atoms with Crippen LogP contribution in [0.3, 0.4) is 0 Å². The average Bonchev–Trinajstić information content (AvgIpc) is 2.35. The smallest absolute Gasteiger partial charge is 0.237 e. The number of carbonyl (C=O) groups is 1. The first-order valence-corrected chi connectivity index (χ1v) is 6.97. The molecule has 0 fully saturated rings. The topological polar surface area (TPSA) is 55.1 Å². The SMILES string of the molecule is CCCC(N)C(=O)NC(c1ccccc1)C(C)(C)C. The summed E-state index contributed by atoms with van der Waals surface area (Å²) in [5, 5.41) is 3.09. The Labute approximate surface area is 116 Å². The van der Waals surface area contributed by atoms with Crippen molar-refractivity contribution in [2.24, 2.45) is 11.1 Å². The van der Waals surface area contributed by atoms with E-state index in [9.17, 15) is 4.79 Å². The molecule has 3 nitrogen and oxygen atoms in total. The van der Waals surface area contributed by atoms with Gasteiger partial charge in [0.2, 0.25) is 5.91 Å². The summed E-state index contributed by atoms with van der Waals surface area (Å²) in [6.07, 6.45) is 1.64. The molecule has 0 spiro atoms. The summed E-state index contributed by atoms with van der Waals surface area (Å²) in [5.41, 5.74) is 6.95. The lowest BCUT2D eigenvalue weighted by Gasteiger charge is -2.32. The molecule has 1 aromatic rings. The quantitative estimate of drug-likeness (QED) is 0.857. The Kier molecular flexibility index (Phi) is 5.55. The van der Waals surface area contributed by atoms with Gasteiger partial charge in [0.15, 0.2) is 0 Å². The van der Waals surface area contributed by atoms with Crippen LogP contribution in [0.25, 0.3) is 0 Å². The lowest BCUT2D eigenvalue weighted by atomic mass is 9.82. The van der Waals surface area contributed by atoms with Gasteiger partial charge in [-0.25, -0.2) is 0 Å². The van der Waals surface area contributed by atoms with Crippen LogP contribution in [0.1, 0.15) is 52.1 Å². The predicted octanol–water partition coefficient (Wildman–Crippen LogP) is 3.02. The molecule has 0 radical (unpaired) electrons. The lowest BCUT2D eigenvalue weighted by molar-refractivity contribution is -0.124. The highest BCUT2D eigenvalue weighted by Gasteiger charge is 2.28. The van der Waals surface area contributed by atoms with E-state index in [4.69, 9.17) is 5.73 Å². The highest BCUT2D eigenvalue weighted by atomic mass is 16.2. The van der Waals surface area contributed by atoms with Gasteiger partial charge in [0, 0.05) is 0 Å². The normalized spacial score (nSPS) is 14.8. The Hall–Kier alpha value is -1.35. The molecule has 3 heteroatoms. The van der Waals surface area contributed by atoms with Crippen LogP contribution in [0, 0.1) is 5.41 Å². The van der Waals surface area contributed by atoms with E-state index >= 15 is 0 Å². The largest absolute Gasteiger partial charge is 0.347 e. The van der Waals surface area contributed by atoms with Gasteiger partial charge >= 0.3 is 0 Å². The molecule has 2 atom stereocenters. The van der Waals surface area contributed by atoms with Crippen LogP contribution < -0.4 is 11.1 Å². The predicted molar refractivity (Wildman–Crippen MR) is 79.7 cm³/mol. The number of rotatable bonds is 5. The molecule has 0 saturated heterocycles. The Morgan fingerprint density at radius 3 is 2.32 bits per heavy atom. The van der Waals surface area contributed by atoms with Crippen molar-refractivity contribution >= 4 is 5.91 Å². The van der Waals surface area contributed by atoms with Crippen molar-refractivity contribution < 1.29 is 4.79 Å². The monoisotopic (exact) mass is 262 g/mol. The molecule has 1 aromatic carbocycles. The molecule has 0 aliphatic heterocycles. The van der Waals surface area contributed by atoms with E-state index in [1.807, 2.05) is 37.3 Å². The molecular weight excluding hydrogens is 236 g/mol. The second-order valence-corrected chi connectivity index (χ2v) is 6.11. The maximum absolute atomic E-state index is 12.1.